The van der Waals surface area contributed by atoms with Gasteiger partial charge in [-0.15, -0.1) is 10.2 Å². The predicted molar refractivity (Wildman–Crippen MR) is 41.4 cm³/mol. The summed E-state index contributed by atoms with van der Waals surface area (Å²) >= 11 is 0. The molecule has 1 aliphatic heterocycles. The van der Waals surface area contributed by atoms with Crippen molar-refractivity contribution in [3.05, 3.63) is 11.6 Å². The van der Waals surface area contributed by atoms with Crippen molar-refractivity contribution in [2.45, 2.75) is 19.3 Å². The molecule has 0 fully saturated rings. The smallest absolute Gasteiger partial charge is 0.294 e. The fourth-order valence-corrected chi connectivity index (χ4v) is 1.48. The first-order valence-corrected chi connectivity index (χ1v) is 4.16. The van der Waals surface area contributed by atoms with Crippen LogP contribution in [0, 0.1) is 0 Å². The molecule has 0 saturated carbocycles. The van der Waals surface area contributed by atoms with Gasteiger partial charge >= 0.3 is 6.18 Å². The van der Waals surface area contributed by atoms with E-state index in [2.05, 4.69) is 10.2 Å². The number of rotatable bonds is 0. The lowest BCUT2D eigenvalue weighted by Crippen LogP contribution is -2.33. The molecule has 0 atom stereocenters. The van der Waals surface area contributed by atoms with Crippen LogP contribution in [0.15, 0.2) is 0 Å². The van der Waals surface area contributed by atoms with Crippen LogP contribution in [0.2, 0.25) is 0 Å². The summed E-state index contributed by atoms with van der Waals surface area (Å²) in [6.45, 7) is 0.924. The zero-order valence-corrected chi connectivity index (χ0v) is 7.54. The number of fused-ring (bicyclic) bond motifs is 1. The maximum absolute atomic E-state index is 12.4. The van der Waals surface area contributed by atoms with Crippen molar-refractivity contribution >= 4 is 0 Å². The van der Waals surface area contributed by atoms with Crippen LogP contribution in [0.4, 0.5) is 13.2 Å². The van der Waals surface area contributed by atoms with Crippen LogP contribution in [-0.4, -0.2) is 33.3 Å². The Morgan fingerprint density at radius 1 is 1.29 bits per heavy atom. The normalized spacial score (nSPS) is 18.3. The Kier molecular flexibility index (Phi) is 1.99. The van der Waals surface area contributed by atoms with Gasteiger partial charge in [0, 0.05) is 13.0 Å². The summed E-state index contributed by atoms with van der Waals surface area (Å²) in [6.07, 6.45) is -3.90. The second kappa shape index (κ2) is 2.94. The molecule has 0 unspecified atom stereocenters. The number of halogens is 3. The monoisotopic (exact) mass is 206 g/mol. The van der Waals surface area contributed by atoms with E-state index in [-0.39, 0.29) is 6.67 Å². The third kappa shape index (κ3) is 1.47. The average molecular weight is 206 g/mol. The third-order valence-corrected chi connectivity index (χ3v) is 2.18. The van der Waals surface area contributed by atoms with E-state index in [0.29, 0.717) is 12.2 Å². The molecule has 78 valence electrons. The molecule has 0 aliphatic carbocycles. The van der Waals surface area contributed by atoms with Gasteiger partial charge in [-0.1, -0.05) is 0 Å². The largest absolute Gasteiger partial charge is 0.451 e. The molecule has 0 aromatic carbocycles. The molecule has 4 nitrogen and oxygen atoms in total. The molecule has 1 aromatic heterocycles. The Morgan fingerprint density at radius 3 is 2.64 bits per heavy atom. The molecule has 0 bridgehead atoms. The number of alkyl halides is 3. The second-order valence-corrected chi connectivity index (χ2v) is 3.34. The molecule has 0 saturated heterocycles. The van der Waals surface area contributed by atoms with Crippen molar-refractivity contribution in [2.75, 3.05) is 13.6 Å². The molecule has 7 heteroatoms. The van der Waals surface area contributed by atoms with Gasteiger partial charge in [-0.2, -0.15) is 13.2 Å². The SMILES string of the molecule is CN1CCc2nnc(C(F)(F)F)n2C1. The highest BCUT2D eigenvalue weighted by Gasteiger charge is 2.39. The van der Waals surface area contributed by atoms with Crippen LogP contribution in [0.25, 0.3) is 0 Å². The quantitative estimate of drug-likeness (QED) is 0.628. The zero-order chi connectivity index (χ0) is 10.3. The summed E-state index contributed by atoms with van der Waals surface area (Å²) in [5.41, 5.74) is 0. The van der Waals surface area contributed by atoms with E-state index < -0.39 is 12.0 Å². The summed E-state index contributed by atoms with van der Waals surface area (Å²) in [5.74, 6) is -0.491. The van der Waals surface area contributed by atoms with Crippen molar-refractivity contribution in [2.24, 2.45) is 0 Å². The van der Waals surface area contributed by atoms with Crippen LogP contribution in [0.3, 0.4) is 0 Å². The fraction of sp³-hybridized carbons (Fsp3) is 0.714. The fourth-order valence-electron chi connectivity index (χ4n) is 1.48. The standard InChI is InChI=1S/C7H9F3N4/c1-13-3-2-5-11-12-6(7(8,9)10)14(5)4-13/h2-4H2,1H3. The van der Waals surface area contributed by atoms with E-state index in [1.54, 1.807) is 11.9 Å². The second-order valence-electron chi connectivity index (χ2n) is 3.34. The minimum Gasteiger partial charge on any atom is -0.294 e. The number of aromatic nitrogens is 3. The van der Waals surface area contributed by atoms with E-state index in [9.17, 15) is 13.2 Å². The molecule has 0 radical (unpaired) electrons. The minimum atomic E-state index is -4.41. The lowest BCUT2D eigenvalue weighted by Gasteiger charge is -2.24. The van der Waals surface area contributed by atoms with Gasteiger partial charge < -0.3 is 0 Å². The molecule has 0 spiro atoms. The maximum Gasteiger partial charge on any atom is 0.451 e. The van der Waals surface area contributed by atoms with Crippen LogP contribution < -0.4 is 0 Å². The van der Waals surface area contributed by atoms with Gasteiger partial charge in [0.15, 0.2) is 0 Å². The molecule has 14 heavy (non-hydrogen) atoms. The van der Waals surface area contributed by atoms with Gasteiger partial charge in [0.1, 0.15) is 5.82 Å². The first-order valence-electron chi connectivity index (χ1n) is 4.16. The zero-order valence-electron chi connectivity index (χ0n) is 7.54. The van der Waals surface area contributed by atoms with Gasteiger partial charge in [0.2, 0.25) is 5.82 Å². The van der Waals surface area contributed by atoms with E-state index in [0.717, 1.165) is 11.1 Å². The average Bonchev–Trinajstić information content (AvgIpc) is 2.45. The molecule has 0 N–H and O–H groups in total. The van der Waals surface area contributed by atoms with Gasteiger partial charge in [0.05, 0.1) is 6.67 Å². The van der Waals surface area contributed by atoms with Crippen LogP contribution >= 0.6 is 0 Å². The van der Waals surface area contributed by atoms with Crippen molar-refractivity contribution in [3.63, 3.8) is 0 Å². The highest BCUT2D eigenvalue weighted by molar-refractivity contribution is 5.01. The van der Waals surface area contributed by atoms with E-state index in [1.807, 2.05) is 0 Å². The molecular formula is C7H9F3N4. The van der Waals surface area contributed by atoms with E-state index >= 15 is 0 Å². The summed E-state index contributed by atoms with van der Waals surface area (Å²) in [6, 6.07) is 0. The third-order valence-electron chi connectivity index (χ3n) is 2.18. The summed E-state index contributed by atoms with van der Waals surface area (Å²) in [5, 5.41) is 6.69. The van der Waals surface area contributed by atoms with Gasteiger partial charge in [-0.05, 0) is 7.05 Å². The molecule has 2 heterocycles. The van der Waals surface area contributed by atoms with Crippen molar-refractivity contribution < 1.29 is 13.2 Å². The highest BCUT2D eigenvalue weighted by Crippen LogP contribution is 2.29. The number of nitrogens with zero attached hydrogens (tertiary/aromatic N) is 4. The Balaban J connectivity index is 2.41. The van der Waals surface area contributed by atoms with Crippen molar-refractivity contribution in [3.8, 4) is 0 Å². The maximum atomic E-state index is 12.4. The van der Waals surface area contributed by atoms with Crippen molar-refractivity contribution in [1.29, 1.82) is 0 Å². The predicted octanol–water partition coefficient (Wildman–Crippen LogP) is 0.742. The first-order chi connectivity index (χ1) is 6.48. The van der Waals surface area contributed by atoms with Crippen LogP contribution in [-0.2, 0) is 19.3 Å². The van der Waals surface area contributed by atoms with Gasteiger partial charge in [0.25, 0.3) is 0 Å². The molecular weight excluding hydrogens is 197 g/mol. The number of likely N-dealkylation sites (N-methyl/N-ethyl adjacent to an activating group) is 1. The van der Waals surface area contributed by atoms with Crippen LogP contribution in [0.5, 0.6) is 0 Å². The van der Waals surface area contributed by atoms with Gasteiger partial charge in [-0.25, -0.2) is 0 Å². The Morgan fingerprint density at radius 2 is 2.00 bits per heavy atom. The topological polar surface area (TPSA) is 34.0 Å². The highest BCUT2D eigenvalue weighted by atomic mass is 19.4. The Labute approximate surface area is 78.3 Å². The Hall–Kier alpha value is -1.11. The summed E-state index contributed by atoms with van der Waals surface area (Å²) in [4.78, 5) is 1.80. The Bertz CT molecular complexity index is 343. The van der Waals surface area contributed by atoms with E-state index in [4.69, 9.17) is 0 Å². The number of hydrogen-bond donors (Lipinski definition) is 0. The lowest BCUT2D eigenvalue weighted by atomic mass is 10.3. The molecule has 2 rings (SSSR count). The molecule has 0 amide bonds. The molecule has 1 aliphatic rings. The van der Waals surface area contributed by atoms with E-state index in [1.165, 1.54) is 0 Å². The number of hydrogen-bond acceptors (Lipinski definition) is 3. The summed E-state index contributed by atoms with van der Waals surface area (Å²) < 4.78 is 38.3. The van der Waals surface area contributed by atoms with Crippen LogP contribution in [0.1, 0.15) is 11.6 Å². The van der Waals surface area contributed by atoms with Crippen molar-refractivity contribution in [1.82, 2.24) is 19.7 Å². The lowest BCUT2D eigenvalue weighted by molar-refractivity contribution is -0.148. The first kappa shape index (κ1) is 9.45. The van der Waals surface area contributed by atoms with Gasteiger partial charge in [-0.3, -0.25) is 9.47 Å². The minimum absolute atomic E-state index is 0.206. The summed E-state index contributed by atoms with van der Waals surface area (Å²) in [7, 11) is 1.77. The molecule has 1 aromatic rings.